The van der Waals surface area contributed by atoms with E-state index in [4.69, 9.17) is 15.3 Å². The molecule has 18 heavy (non-hydrogen) atoms. The lowest BCUT2D eigenvalue weighted by Crippen LogP contribution is -2.58. The Morgan fingerprint density at radius 2 is 1.83 bits per heavy atom. The van der Waals surface area contributed by atoms with Crippen molar-refractivity contribution in [3.05, 3.63) is 0 Å². The zero-order chi connectivity index (χ0) is 13.6. The van der Waals surface area contributed by atoms with Crippen LogP contribution >= 0.6 is 0 Å². The Kier molecular flexibility index (Phi) is 6.05. The van der Waals surface area contributed by atoms with E-state index in [0.29, 0.717) is 12.0 Å². The van der Waals surface area contributed by atoms with Crippen LogP contribution in [0.5, 0.6) is 0 Å². The lowest BCUT2D eigenvalue weighted by Gasteiger charge is -2.46. The third-order valence-electron chi connectivity index (χ3n) is 4.33. The molecule has 0 aromatic carbocycles. The van der Waals surface area contributed by atoms with Crippen LogP contribution in [0, 0.1) is 5.41 Å². The lowest BCUT2D eigenvalue weighted by atomic mass is 9.68. The van der Waals surface area contributed by atoms with E-state index < -0.39 is 0 Å². The van der Waals surface area contributed by atoms with Crippen molar-refractivity contribution in [2.75, 3.05) is 20.3 Å². The summed E-state index contributed by atoms with van der Waals surface area (Å²) in [6.07, 6.45) is 5.46. The standard InChI is InChI=1S/C14H30N2O2/c1-5-10-18-11-12(16-15)14(17-4)8-6-13(2,3)7-9-14/h12,16H,5-11,15H2,1-4H3. The second-order valence-electron chi connectivity index (χ2n) is 6.23. The fourth-order valence-electron chi connectivity index (χ4n) is 2.74. The van der Waals surface area contributed by atoms with Crippen molar-refractivity contribution < 1.29 is 9.47 Å². The smallest absolute Gasteiger partial charge is 0.0867 e. The van der Waals surface area contributed by atoms with Crippen molar-refractivity contribution in [1.29, 1.82) is 0 Å². The van der Waals surface area contributed by atoms with Crippen LogP contribution in [0.25, 0.3) is 0 Å². The van der Waals surface area contributed by atoms with E-state index in [0.717, 1.165) is 25.9 Å². The minimum atomic E-state index is -0.169. The predicted molar refractivity (Wildman–Crippen MR) is 74.2 cm³/mol. The van der Waals surface area contributed by atoms with Gasteiger partial charge in [0.2, 0.25) is 0 Å². The summed E-state index contributed by atoms with van der Waals surface area (Å²) in [5.74, 6) is 5.70. The average Bonchev–Trinajstić information content (AvgIpc) is 2.36. The highest BCUT2D eigenvalue weighted by Gasteiger charge is 2.44. The molecule has 0 aromatic heterocycles. The molecule has 4 heteroatoms. The molecule has 0 spiro atoms. The van der Waals surface area contributed by atoms with Crippen LogP contribution in [0.1, 0.15) is 52.9 Å². The van der Waals surface area contributed by atoms with Gasteiger partial charge in [0.15, 0.2) is 0 Å². The minimum absolute atomic E-state index is 0.0742. The van der Waals surface area contributed by atoms with E-state index >= 15 is 0 Å². The molecular weight excluding hydrogens is 228 g/mol. The number of nitrogens with one attached hydrogen (secondary N) is 1. The quantitative estimate of drug-likeness (QED) is 0.418. The molecule has 0 bridgehead atoms. The summed E-state index contributed by atoms with van der Waals surface area (Å²) < 4.78 is 11.5. The predicted octanol–water partition coefficient (Wildman–Crippen LogP) is 2.23. The highest BCUT2D eigenvalue weighted by atomic mass is 16.5. The minimum Gasteiger partial charge on any atom is -0.380 e. The van der Waals surface area contributed by atoms with Crippen molar-refractivity contribution in [2.45, 2.75) is 64.5 Å². The van der Waals surface area contributed by atoms with Crippen molar-refractivity contribution >= 4 is 0 Å². The molecular formula is C14H30N2O2. The van der Waals surface area contributed by atoms with Crippen molar-refractivity contribution in [3.63, 3.8) is 0 Å². The number of nitrogens with two attached hydrogens (primary N) is 1. The van der Waals surface area contributed by atoms with Crippen LogP contribution < -0.4 is 11.3 Å². The first kappa shape index (κ1) is 15.9. The largest absolute Gasteiger partial charge is 0.380 e. The topological polar surface area (TPSA) is 56.5 Å². The van der Waals surface area contributed by atoms with E-state index in [9.17, 15) is 0 Å². The van der Waals surface area contributed by atoms with E-state index in [1.807, 2.05) is 0 Å². The Bertz CT molecular complexity index is 234. The molecule has 0 saturated heterocycles. The van der Waals surface area contributed by atoms with Gasteiger partial charge < -0.3 is 9.47 Å². The maximum Gasteiger partial charge on any atom is 0.0867 e. The molecule has 1 aliphatic carbocycles. The molecule has 0 radical (unpaired) electrons. The molecule has 4 nitrogen and oxygen atoms in total. The van der Waals surface area contributed by atoms with Crippen molar-refractivity contribution in [2.24, 2.45) is 11.3 Å². The molecule has 0 aliphatic heterocycles. The average molecular weight is 258 g/mol. The zero-order valence-corrected chi connectivity index (χ0v) is 12.4. The van der Waals surface area contributed by atoms with Crippen LogP contribution in [0.2, 0.25) is 0 Å². The second-order valence-corrected chi connectivity index (χ2v) is 6.23. The molecule has 1 rings (SSSR count). The Balaban J connectivity index is 2.61. The lowest BCUT2D eigenvalue weighted by molar-refractivity contribution is -0.102. The Labute approximate surface area is 112 Å². The molecule has 0 aromatic rings. The van der Waals surface area contributed by atoms with Gasteiger partial charge in [-0.1, -0.05) is 20.8 Å². The van der Waals surface area contributed by atoms with Gasteiger partial charge in [-0.2, -0.15) is 0 Å². The van der Waals surface area contributed by atoms with Crippen LogP contribution in [-0.4, -0.2) is 32.0 Å². The van der Waals surface area contributed by atoms with Crippen LogP contribution in [-0.2, 0) is 9.47 Å². The first-order valence-corrected chi connectivity index (χ1v) is 7.09. The number of hydrogen-bond acceptors (Lipinski definition) is 4. The van der Waals surface area contributed by atoms with Crippen LogP contribution in [0.4, 0.5) is 0 Å². The third kappa shape index (κ3) is 3.92. The van der Waals surface area contributed by atoms with Gasteiger partial charge in [0.05, 0.1) is 18.2 Å². The van der Waals surface area contributed by atoms with Gasteiger partial charge in [-0.3, -0.25) is 11.3 Å². The molecule has 1 unspecified atom stereocenters. The normalized spacial score (nSPS) is 23.8. The van der Waals surface area contributed by atoms with E-state index in [2.05, 4.69) is 26.2 Å². The van der Waals surface area contributed by atoms with Gasteiger partial charge in [0.1, 0.15) is 0 Å². The number of hydrogen-bond donors (Lipinski definition) is 2. The summed E-state index contributed by atoms with van der Waals surface area (Å²) in [7, 11) is 1.79. The fourth-order valence-corrected chi connectivity index (χ4v) is 2.74. The summed E-state index contributed by atoms with van der Waals surface area (Å²) in [4.78, 5) is 0. The highest BCUT2D eigenvalue weighted by molar-refractivity contribution is 4.98. The molecule has 3 N–H and O–H groups in total. The highest BCUT2D eigenvalue weighted by Crippen LogP contribution is 2.43. The van der Waals surface area contributed by atoms with Crippen LogP contribution in [0.3, 0.4) is 0 Å². The van der Waals surface area contributed by atoms with Crippen molar-refractivity contribution in [3.8, 4) is 0 Å². The SMILES string of the molecule is CCCOCC(NN)C1(OC)CCC(C)(C)CC1. The molecule has 108 valence electrons. The third-order valence-corrected chi connectivity index (χ3v) is 4.33. The number of hydrazine groups is 1. The van der Waals surface area contributed by atoms with Gasteiger partial charge in [0, 0.05) is 13.7 Å². The molecule has 1 saturated carbocycles. The first-order valence-electron chi connectivity index (χ1n) is 7.09. The monoisotopic (exact) mass is 258 g/mol. The van der Waals surface area contributed by atoms with E-state index in [1.54, 1.807) is 7.11 Å². The number of methoxy groups -OCH3 is 1. The summed E-state index contributed by atoms with van der Waals surface area (Å²) in [5, 5.41) is 0. The zero-order valence-electron chi connectivity index (χ0n) is 12.4. The Hall–Kier alpha value is -0.160. The second kappa shape index (κ2) is 6.85. The fraction of sp³-hybridized carbons (Fsp3) is 1.00. The number of rotatable bonds is 7. The maximum atomic E-state index is 5.83. The number of ether oxygens (including phenoxy) is 2. The summed E-state index contributed by atoms with van der Waals surface area (Å²) in [6.45, 7) is 8.16. The Morgan fingerprint density at radius 1 is 1.22 bits per heavy atom. The summed E-state index contributed by atoms with van der Waals surface area (Å²) in [6, 6.07) is 0.0742. The molecule has 1 fully saturated rings. The van der Waals surface area contributed by atoms with Gasteiger partial charge in [-0.25, -0.2) is 0 Å². The van der Waals surface area contributed by atoms with Crippen LogP contribution in [0.15, 0.2) is 0 Å². The molecule has 1 aliphatic rings. The first-order chi connectivity index (χ1) is 8.49. The summed E-state index contributed by atoms with van der Waals surface area (Å²) in [5.41, 5.74) is 3.15. The summed E-state index contributed by atoms with van der Waals surface area (Å²) >= 11 is 0. The molecule has 1 atom stereocenters. The Morgan fingerprint density at radius 3 is 2.28 bits per heavy atom. The maximum absolute atomic E-state index is 5.83. The van der Waals surface area contributed by atoms with E-state index in [1.165, 1.54) is 12.8 Å². The molecule has 0 heterocycles. The van der Waals surface area contributed by atoms with Gasteiger partial charge >= 0.3 is 0 Å². The van der Waals surface area contributed by atoms with E-state index in [-0.39, 0.29) is 11.6 Å². The van der Waals surface area contributed by atoms with Gasteiger partial charge in [0.25, 0.3) is 0 Å². The van der Waals surface area contributed by atoms with Gasteiger partial charge in [-0.15, -0.1) is 0 Å². The van der Waals surface area contributed by atoms with Crippen molar-refractivity contribution in [1.82, 2.24) is 5.43 Å². The molecule has 0 amide bonds. The van der Waals surface area contributed by atoms with Gasteiger partial charge in [-0.05, 0) is 37.5 Å².